The van der Waals surface area contributed by atoms with Crippen LogP contribution in [0.15, 0.2) is 12.4 Å². The Kier molecular flexibility index (Phi) is 5.85. The number of rotatable bonds is 5. The summed E-state index contributed by atoms with van der Waals surface area (Å²) >= 11 is 12.4. The van der Waals surface area contributed by atoms with Gasteiger partial charge in [-0.25, -0.2) is 0 Å². The summed E-state index contributed by atoms with van der Waals surface area (Å²) in [4.78, 5) is 17.6. The molecule has 0 aromatic carbocycles. The van der Waals surface area contributed by atoms with Crippen LogP contribution >= 0.6 is 23.2 Å². The van der Waals surface area contributed by atoms with Crippen molar-refractivity contribution in [2.45, 2.75) is 39.3 Å². The maximum absolute atomic E-state index is 11.3. The molecule has 0 bridgehead atoms. The van der Waals surface area contributed by atoms with E-state index < -0.39 is 0 Å². The van der Waals surface area contributed by atoms with E-state index in [9.17, 15) is 4.79 Å². The Bertz CT molecular complexity index is 489. The Morgan fingerprint density at radius 1 is 1.38 bits per heavy atom. The SMILES string of the molecule is CCC[C@@H]1CN(Cc2c(Cl)cncc2Cl)C[C@H]1NC(C)=O. The highest BCUT2D eigenvalue weighted by molar-refractivity contribution is 6.35. The Labute approximate surface area is 135 Å². The van der Waals surface area contributed by atoms with Crippen LogP contribution in [0.3, 0.4) is 0 Å². The number of nitrogens with one attached hydrogen (secondary N) is 1. The van der Waals surface area contributed by atoms with Gasteiger partial charge in [0.05, 0.1) is 10.0 Å². The Hall–Kier alpha value is -0.840. The third-order valence-corrected chi connectivity index (χ3v) is 4.55. The van der Waals surface area contributed by atoms with E-state index in [1.807, 2.05) is 0 Å². The van der Waals surface area contributed by atoms with Crippen molar-refractivity contribution < 1.29 is 4.79 Å². The van der Waals surface area contributed by atoms with Crippen molar-refractivity contribution in [3.05, 3.63) is 28.0 Å². The van der Waals surface area contributed by atoms with Crippen molar-refractivity contribution in [2.24, 2.45) is 5.92 Å². The molecule has 1 aromatic heterocycles. The molecule has 116 valence electrons. The van der Waals surface area contributed by atoms with Crippen molar-refractivity contribution >= 4 is 29.1 Å². The third kappa shape index (κ3) is 4.31. The molecule has 0 aliphatic carbocycles. The molecule has 6 heteroatoms. The number of hydrogen-bond donors (Lipinski definition) is 1. The monoisotopic (exact) mass is 329 g/mol. The zero-order valence-corrected chi connectivity index (χ0v) is 13.9. The molecule has 1 amide bonds. The topological polar surface area (TPSA) is 45.2 Å². The molecule has 2 atom stereocenters. The van der Waals surface area contributed by atoms with Gasteiger partial charge in [0.25, 0.3) is 0 Å². The highest BCUT2D eigenvalue weighted by Crippen LogP contribution is 2.28. The lowest BCUT2D eigenvalue weighted by molar-refractivity contribution is -0.119. The number of amides is 1. The molecule has 1 aromatic rings. The van der Waals surface area contributed by atoms with Gasteiger partial charge in [-0.2, -0.15) is 0 Å². The predicted octanol–water partition coefficient (Wildman–Crippen LogP) is 3.13. The molecule has 1 aliphatic rings. The van der Waals surface area contributed by atoms with Gasteiger partial charge in [0, 0.05) is 50.6 Å². The van der Waals surface area contributed by atoms with Crippen LogP contribution in [0.1, 0.15) is 32.3 Å². The fourth-order valence-corrected chi connectivity index (χ4v) is 3.47. The minimum absolute atomic E-state index is 0.0305. The first-order valence-corrected chi connectivity index (χ1v) is 8.04. The second kappa shape index (κ2) is 7.43. The van der Waals surface area contributed by atoms with Crippen molar-refractivity contribution in [2.75, 3.05) is 13.1 Å². The van der Waals surface area contributed by atoms with E-state index >= 15 is 0 Å². The number of hydrogen-bond acceptors (Lipinski definition) is 3. The van der Waals surface area contributed by atoms with Gasteiger partial charge in [-0.05, 0) is 12.3 Å². The minimum atomic E-state index is 0.0305. The van der Waals surface area contributed by atoms with E-state index in [0.29, 0.717) is 22.5 Å². The Morgan fingerprint density at radius 3 is 2.62 bits per heavy atom. The molecular formula is C15H21Cl2N3O. The summed E-state index contributed by atoms with van der Waals surface area (Å²) < 4.78 is 0. The van der Waals surface area contributed by atoms with Gasteiger partial charge in [0.15, 0.2) is 0 Å². The number of halogens is 2. The van der Waals surface area contributed by atoms with E-state index in [-0.39, 0.29) is 11.9 Å². The quantitative estimate of drug-likeness (QED) is 0.902. The Balaban J connectivity index is 2.06. The Morgan fingerprint density at radius 2 is 2.05 bits per heavy atom. The zero-order chi connectivity index (χ0) is 15.4. The normalized spacial score (nSPS) is 22.5. The van der Waals surface area contributed by atoms with Crippen LogP contribution < -0.4 is 5.32 Å². The second-order valence-electron chi connectivity index (χ2n) is 5.63. The maximum atomic E-state index is 11.3. The van der Waals surface area contributed by atoms with E-state index in [0.717, 1.165) is 31.5 Å². The van der Waals surface area contributed by atoms with Crippen LogP contribution in [0.4, 0.5) is 0 Å². The molecule has 0 saturated carbocycles. The van der Waals surface area contributed by atoms with Crippen molar-refractivity contribution in [1.82, 2.24) is 15.2 Å². The number of carbonyl (C=O) groups excluding carboxylic acids is 1. The first-order valence-electron chi connectivity index (χ1n) is 7.28. The van der Waals surface area contributed by atoms with E-state index in [1.54, 1.807) is 19.3 Å². The maximum Gasteiger partial charge on any atom is 0.217 e. The molecule has 1 fully saturated rings. The standard InChI is InChI=1S/C15H21Cl2N3O/c1-3-4-11-7-20(9-15(11)19-10(2)21)8-12-13(16)5-18-6-14(12)17/h5-6,11,15H,3-4,7-9H2,1-2H3,(H,19,21)/t11-,15-/m1/s1. The smallest absolute Gasteiger partial charge is 0.217 e. The molecule has 2 rings (SSSR count). The molecule has 1 N–H and O–H groups in total. The van der Waals surface area contributed by atoms with Gasteiger partial charge in [-0.3, -0.25) is 14.7 Å². The van der Waals surface area contributed by atoms with Gasteiger partial charge in [0.1, 0.15) is 0 Å². The fraction of sp³-hybridized carbons (Fsp3) is 0.600. The first kappa shape index (κ1) is 16.5. The summed E-state index contributed by atoms with van der Waals surface area (Å²) in [6, 6.07) is 0.210. The summed E-state index contributed by atoms with van der Waals surface area (Å²) in [5.41, 5.74) is 0.909. The molecule has 2 heterocycles. The van der Waals surface area contributed by atoms with Gasteiger partial charge in [-0.15, -0.1) is 0 Å². The fourth-order valence-electron chi connectivity index (χ4n) is 2.99. The first-order chi connectivity index (χ1) is 10.0. The van der Waals surface area contributed by atoms with Crippen LogP contribution in [0.5, 0.6) is 0 Å². The number of carbonyl (C=O) groups is 1. The van der Waals surface area contributed by atoms with Gasteiger partial charge < -0.3 is 5.32 Å². The summed E-state index contributed by atoms with van der Waals surface area (Å²) in [5, 5.41) is 4.25. The lowest BCUT2D eigenvalue weighted by Crippen LogP contribution is -2.39. The van der Waals surface area contributed by atoms with Crippen LogP contribution in [-0.2, 0) is 11.3 Å². The van der Waals surface area contributed by atoms with E-state index in [1.165, 1.54) is 0 Å². The molecule has 0 radical (unpaired) electrons. The number of likely N-dealkylation sites (tertiary alicyclic amines) is 1. The average Bonchev–Trinajstić information content (AvgIpc) is 2.76. The van der Waals surface area contributed by atoms with Gasteiger partial charge in [0.2, 0.25) is 5.91 Å². The molecule has 4 nitrogen and oxygen atoms in total. The molecule has 21 heavy (non-hydrogen) atoms. The molecule has 1 aliphatic heterocycles. The van der Waals surface area contributed by atoms with Crippen molar-refractivity contribution in [3.8, 4) is 0 Å². The summed E-state index contributed by atoms with van der Waals surface area (Å²) in [6.45, 7) is 6.22. The van der Waals surface area contributed by atoms with Crippen LogP contribution in [0.25, 0.3) is 0 Å². The van der Waals surface area contributed by atoms with Crippen molar-refractivity contribution in [3.63, 3.8) is 0 Å². The predicted molar refractivity (Wildman–Crippen MR) is 85.5 cm³/mol. The van der Waals surface area contributed by atoms with Crippen molar-refractivity contribution in [1.29, 1.82) is 0 Å². The summed E-state index contributed by atoms with van der Waals surface area (Å²) in [5.74, 6) is 0.515. The molecule has 0 spiro atoms. The van der Waals surface area contributed by atoms with Gasteiger partial charge in [-0.1, -0.05) is 36.5 Å². The molecule has 0 unspecified atom stereocenters. The van der Waals surface area contributed by atoms with Gasteiger partial charge >= 0.3 is 0 Å². The lowest BCUT2D eigenvalue weighted by Gasteiger charge is -2.18. The molecule has 1 saturated heterocycles. The molecular weight excluding hydrogens is 309 g/mol. The summed E-state index contributed by atoms with van der Waals surface area (Å²) in [6.07, 6.45) is 5.46. The van der Waals surface area contributed by atoms with E-state index in [2.05, 4.69) is 22.1 Å². The van der Waals surface area contributed by atoms with E-state index in [4.69, 9.17) is 23.2 Å². The number of pyridine rings is 1. The third-order valence-electron chi connectivity index (χ3n) is 3.90. The van der Waals surface area contributed by atoms with Crippen LogP contribution in [0.2, 0.25) is 10.0 Å². The number of aromatic nitrogens is 1. The minimum Gasteiger partial charge on any atom is -0.352 e. The zero-order valence-electron chi connectivity index (χ0n) is 12.4. The largest absolute Gasteiger partial charge is 0.352 e. The number of nitrogens with zero attached hydrogens (tertiary/aromatic N) is 2. The highest BCUT2D eigenvalue weighted by atomic mass is 35.5. The van der Waals surface area contributed by atoms with Crippen LogP contribution in [-0.4, -0.2) is 34.9 Å². The lowest BCUT2D eigenvalue weighted by atomic mass is 9.98. The highest BCUT2D eigenvalue weighted by Gasteiger charge is 2.32. The van der Waals surface area contributed by atoms with Crippen LogP contribution in [0, 0.1) is 5.92 Å². The average molecular weight is 330 g/mol. The summed E-state index contributed by atoms with van der Waals surface area (Å²) in [7, 11) is 0. The second-order valence-corrected chi connectivity index (χ2v) is 6.45.